The first kappa shape index (κ1) is 17.0. The van der Waals surface area contributed by atoms with E-state index in [2.05, 4.69) is 10.2 Å². The Labute approximate surface area is 149 Å². The summed E-state index contributed by atoms with van der Waals surface area (Å²) >= 11 is 1.30. The Hall–Kier alpha value is -2.86. The maximum absolute atomic E-state index is 13.0. The topological polar surface area (TPSA) is 46.1 Å². The summed E-state index contributed by atoms with van der Waals surface area (Å²) < 4.78 is 13.0. The van der Waals surface area contributed by atoms with Crippen molar-refractivity contribution in [3.63, 3.8) is 0 Å². The fraction of sp³-hybridized carbons (Fsp3) is 0.105. The summed E-state index contributed by atoms with van der Waals surface area (Å²) in [6.07, 6.45) is 3.30. The van der Waals surface area contributed by atoms with Crippen LogP contribution in [0.3, 0.4) is 0 Å². The molecule has 0 N–H and O–H groups in total. The number of rotatable bonds is 5. The van der Waals surface area contributed by atoms with Crippen molar-refractivity contribution in [3.8, 4) is 10.6 Å². The van der Waals surface area contributed by atoms with Gasteiger partial charge in [-0.1, -0.05) is 41.7 Å². The molecule has 126 valence electrons. The maximum atomic E-state index is 13.0. The lowest BCUT2D eigenvalue weighted by atomic mass is 10.2. The summed E-state index contributed by atoms with van der Waals surface area (Å²) in [6, 6.07) is 15.7. The Balaban J connectivity index is 1.78. The van der Waals surface area contributed by atoms with Crippen molar-refractivity contribution in [2.24, 2.45) is 0 Å². The molecule has 0 fully saturated rings. The summed E-state index contributed by atoms with van der Waals surface area (Å²) in [5, 5.41) is 9.39. The Morgan fingerprint density at radius 1 is 1.12 bits per heavy atom. The molecule has 1 heterocycles. The summed E-state index contributed by atoms with van der Waals surface area (Å²) in [5.74, 6) is -0.460. The van der Waals surface area contributed by atoms with Gasteiger partial charge in [-0.3, -0.25) is 9.69 Å². The van der Waals surface area contributed by atoms with Gasteiger partial charge in [0.05, 0.1) is 0 Å². The zero-order valence-electron chi connectivity index (χ0n) is 13.6. The van der Waals surface area contributed by atoms with Crippen molar-refractivity contribution in [1.29, 1.82) is 0 Å². The number of benzene rings is 2. The monoisotopic (exact) mass is 353 g/mol. The minimum Gasteiger partial charge on any atom is -0.283 e. The third kappa shape index (κ3) is 4.16. The number of hydrogen-bond acceptors (Lipinski definition) is 4. The van der Waals surface area contributed by atoms with E-state index in [1.54, 1.807) is 23.1 Å². The van der Waals surface area contributed by atoms with Crippen LogP contribution in [0.5, 0.6) is 0 Å². The summed E-state index contributed by atoms with van der Waals surface area (Å²) in [5.41, 5.74) is 1.73. The van der Waals surface area contributed by atoms with Gasteiger partial charge in [0.1, 0.15) is 10.8 Å². The molecule has 25 heavy (non-hydrogen) atoms. The normalized spacial score (nSPS) is 11.0. The van der Waals surface area contributed by atoms with Crippen LogP contribution in [0.15, 0.2) is 60.7 Å². The van der Waals surface area contributed by atoms with Crippen molar-refractivity contribution in [1.82, 2.24) is 10.2 Å². The summed E-state index contributed by atoms with van der Waals surface area (Å²) in [6.45, 7) is 2.36. The molecular weight excluding hydrogens is 337 g/mol. The predicted molar refractivity (Wildman–Crippen MR) is 98.8 cm³/mol. The van der Waals surface area contributed by atoms with E-state index >= 15 is 0 Å². The van der Waals surface area contributed by atoms with Gasteiger partial charge in [0.2, 0.25) is 5.13 Å². The van der Waals surface area contributed by atoms with E-state index in [1.807, 2.05) is 37.3 Å². The highest BCUT2D eigenvalue weighted by atomic mass is 32.1. The predicted octanol–water partition coefficient (Wildman–Crippen LogP) is 4.41. The van der Waals surface area contributed by atoms with Gasteiger partial charge in [-0.15, -0.1) is 10.2 Å². The van der Waals surface area contributed by atoms with Gasteiger partial charge in [0, 0.05) is 18.2 Å². The molecule has 3 rings (SSSR count). The average molecular weight is 353 g/mol. The highest BCUT2D eigenvalue weighted by molar-refractivity contribution is 7.18. The first-order chi connectivity index (χ1) is 12.2. The van der Waals surface area contributed by atoms with Gasteiger partial charge in [0.15, 0.2) is 0 Å². The molecule has 0 aliphatic carbocycles. The van der Waals surface area contributed by atoms with E-state index in [-0.39, 0.29) is 11.7 Å². The number of likely N-dealkylation sites (N-methyl/N-ethyl adjacent to an activating group) is 1. The molecule has 0 bridgehead atoms. The van der Waals surface area contributed by atoms with E-state index in [0.29, 0.717) is 16.7 Å². The molecular formula is C19H16FN3OS. The third-order valence-electron chi connectivity index (χ3n) is 3.54. The molecule has 0 aliphatic heterocycles. The van der Waals surface area contributed by atoms with Gasteiger partial charge in [-0.05, 0) is 42.8 Å². The third-order valence-corrected chi connectivity index (χ3v) is 4.53. The number of anilines is 1. The van der Waals surface area contributed by atoms with Crippen LogP contribution < -0.4 is 4.90 Å². The Bertz CT molecular complexity index is 875. The molecule has 0 radical (unpaired) electrons. The lowest BCUT2D eigenvalue weighted by Crippen LogP contribution is -2.28. The molecule has 2 aromatic carbocycles. The van der Waals surface area contributed by atoms with Crippen LogP contribution in [-0.2, 0) is 4.79 Å². The molecule has 0 atom stereocenters. The molecule has 1 aromatic heterocycles. The second kappa shape index (κ2) is 7.81. The minimum absolute atomic E-state index is 0.159. The SMILES string of the molecule is CCN(C(=O)C=Cc1ccccc1)c1nnc(-c2ccc(F)cc2)s1. The standard InChI is InChI=1S/C19H16FN3OS/c1-2-23(17(24)13-8-14-6-4-3-5-7-14)19-22-21-18(25-19)15-9-11-16(20)12-10-15/h3-13H,2H2,1H3. The van der Waals surface area contributed by atoms with Gasteiger partial charge in [-0.2, -0.15) is 0 Å². The van der Waals surface area contributed by atoms with Crippen LogP contribution in [0, 0.1) is 5.82 Å². The number of nitrogens with zero attached hydrogens (tertiary/aromatic N) is 3. The summed E-state index contributed by atoms with van der Waals surface area (Å²) in [7, 11) is 0. The Morgan fingerprint density at radius 2 is 1.84 bits per heavy atom. The van der Waals surface area contributed by atoms with Gasteiger partial charge in [-0.25, -0.2) is 4.39 Å². The fourth-order valence-corrected chi connectivity index (χ4v) is 3.16. The summed E-state index contributed by atoms with van der Waals surface area (Å²) in [4.78, 5) is 14.0. The highest BCUT2D eigenvalue weighted by Gasteiger charge is 2.17. The van der Waals surface area contributed by atoms with Crippen LogP contribution in [0.25, 0.3) is 16.6 Å². The zero-order chi connectivity index (χ0) is 17.6. The second-order valence-corrected chi connectivity index (χ2v) is 6.18. The van der Waals surface area contributed by atoms with E-state index in [1.165, 1.54) is 29.5 Å². The van der Waals surface area contributed by atoms with E-state index in [4.69, 9.17) is 0 Å². The van der Waals surface area contributed by atoms with Crippen LogP contribution in [-0.4, -0.2) is 22.6 Å². The highest BCUT2D eigenvalue weighted by Crippen LogP contribution is 2.28. The van der Waals surface area contributed by atoms with Crippen LogP contribution in [0.1, 0.15) is 12.5 Å². The molecule has 0 spiro atoms. The largest absolute Gasteiger partial charge is 0.283 e. The lowest BCUT2D eigenvalue weighted by molar-refractivity contribution is -0.114. The van der Waals surface area contributed by atoms with E-state index in [9.17, 15) is 9.18 Å². The lowest BCUT2D eigenvalue weighted by Gasteiger charge is -2.14. The molecule has 1 amide bonds. The first-order valence-electron chi connectivity index (χ1n) is 7.81. The maximum Gasteiger partial charge on any atom is 0.252 e. The number of carbonyl (C=O) groups excluding carboxylic acids is 1. The molecule has 4 nitrogen and oxygen atoms in total. The Kier molecular flexibility index (Phi) is 5.30. The number of carbonyl (C=O) groups is 1. The second-order valence-electron chi connectivity index (χ2n) is 5.22. The zero-order valence-corrected chi connectivity index (χ0v) is 14.4. The minimum atomic E-state index is -0.301. The van der Waals surface area contributed by atoms with Gasteiger partial charge < -0.3 is 0 Å². The van der Waals surface area contributed by atoms with Crippen molar-refractivity contribution in [2.75, 3.05) is 11.4 Å². The van der Waals surface area contributed by atoms with E-state index < -0.39 is 0 Å². The van der Waals surface area contributed by atoms with Crippen LogP contribution in [0.4, 0.5) is 9.52 Å². The molecule has 3 aromatic rings. The molecule has 0 unspecified atom stereocenters. The number of amides is 1. The van der Waals surface area contributed by atoms with Gasteiger partial charge >= 0.3 is 0 Å². The number of aromatic nitrogens is 2. The molecule has 6 heteroatoms. The van der Waals surface area contributed by atoms with Crippen molar-refractivity contribution in [3.05, 3.63) is 72.1 Å². The Morgan fingerprint density at radius 3 is 2.52 bits per heavy atom. The van der Waals surface area contributed by atoms with Crippen LogP contribution in [0.2, 0.25) is 0 Å². The van der Waals surface area contributed by atoms with E-state index in [0.717, 1.165) is 11.1 Å². The quantitative estimate of drug-likeness (QED) is 0.638. The van der Waals surface area contributed by atoms with Crippen LogP contribution >= 0.6 is 11.3 Å². The number of hydrogen-bond donors (Lipinski definition) is 0. The first-order valence-corrected chi connectivity index (χ1v) is 8.63. The van der Waals surface area contributed by atoms with Crippen molar-refractivity contribution >= 4 is 28.5 Å². The molecule has 0 saturated carbocycles. The fourth-order valence-electron chi connectivity index (χ4n) is 2.24. The smallest absolute Gasteiger partial charge is 0.252 e. The van der Waals surface area contributed by atoms with Crippen molar-refractivity contribution < 1.29 is 9.18 Å². The molecule has 0 aliphatic rings. The van der Waals surface area contributed by atoms with Gasteiger partial charge in [0.25, 0.3) is 5.91 Å². The van der Waals surface area contributed by atoms with Crippen molar-refractivity contribution in [2.45, 2.75) is 6.92 Å². The average Bonchev–Trinajstić information content (AvgIpc) is 3.12. The number of halogens is 1. The molecule has 0 saturated heterocycles.